The van der Waals surface area contributed by atoms with Gasteiger partial charge in [0, 0.05) is 22.6 Å². The third-order valence-corrected chi connectivity index (χ3v) is 9.79. The standard InChI is InChI=1S/C35H33N6O10P/c36-40-39-35(31(44)30(43)32(50-35)41-19-18-29(42)37-34(41)46)22-49-52(47,51-28-17-9-15-25-14-7-8-16-26(25)28)38-27(20-23-10-3-1-4-11-23)33(45)48-21-24-12-5-2-6-13-24/h1-19,27,30-32,43-44H,20-22H2,(H,38,47)(H,37,42,46)/t27-,30+,31-,32+,35+,52?/m0/s1. The molecule has 1 aromatic heterocycles. The van der Waals surface area contributed by atoms with E-state index in [1.807, 2.05) is 11.1 Å². The van der Waals surface area contributed by atoms with E-state index in [4.69, 9.17) is 18.5 Å². The molecule has 1 aliphatic rings. The molecule has 17 heteroatoms. The Morgan fingerprint density at radius 1 is 0.981 bits per heavy atom. The van der Waals surface area contributed by atoms with Crippen molar-refractivity contribution in [3.05, 3.63) is 158 Å². The molecule has 5 aromatic rings. The average Bonchev–Trinajstić information content (AvgIpc) is 3.39. The van der Waals surface area contributed by atoms with Crippen LogP contribution in [0.3, 0.4) is 0 Å². The van der Waals surface area contributed by atoms with Gasteiger partial charge in [0.05, 0.1) is 6.61 Å². The first-order valence-corrected chi connectivity index (χ1v) is 17.5. The first-order valence-electron chi connectivity index (χ1n) is 16.0. The van der Waals surface area contributed by atoms with Crippen molar-refractivity contribution in [3.63, 3.8) is 0 Å². The molecule has 4 N–H and O–H groups in total. The molecule has 0 aliphatic carbocycles. The number of ether oxygens (including phenoxy) is 2. The number of nitrogens with zero attached hydrogens (tertiary/aromatic N) is 4. The summed E-state index contributed by atoms with van der Waals surface area (Å²) in [6.45, 7) is -1.11. The number of nitrogens with one attached hydrogen (secondary N) is 2. The Balaban J connectivity index is 1.35. The lowest BCUT2D eigenvalue weighted by molar-refractivity contribution is -0.147. The van der Waals surface area contributed by atoms with Gasteiger partial charge in [-0.2, -0.15) is 5.09 Å². The van der Waals surface area contributed by atoms with E-state index >= 15 is 0 Å². The van der Waals surface area contributed by atoms with Crippen molar-refractivity contribution in [3.8, 4) is 5.75 Å². The van der Waals surface area contributed by atoms with Gasteiger partial charge in [-0.25, -0.2) is 9.36 Å². The number of esters is 1. The zero-order valence-electron chi connectivity index (χ0n) is 27.3. The van der Waals surface area contributed by atoms with Crippen molar-refractivity contribution in [1.29, 1.82) is 0 Å². The maximum atomic E-state index is 14.9. The Morgan fingerprint density at radius 2 is 1.65 bits per heavy atom. The summed E-state index contributed by atoms with van der Waals surface area (Å²) < 4.78 is 39.0. The molecule has 1 saturated heterocycles. The number of hydrogen-bond donors (Lipinski definition) is 4. The zero-order valence-corrected chi connectivity index (χ0v) is 28.2. The van der Waals surface area contributed by atoms with E-state index in [1.165, 1.54) is 6.07 Å². The van der Waals surface area contributed by atoms with Crippen molar-refractivity contribution < 1.29 is 38.1 Å². The molecule has 0 bridgehead atoms. The van der Waals surface area contributed by atoms with Crippen LogP contribution in [0.5, 0.6) is 5.75 Å². The van der Waals surface area contributed by atoms with Crippen LogP contribution in [0.15, 0.2) is 130 Å². The van der Waals surface area contributed by atoms with E-state index in [2.05, 4.69) is 15.1 Å². The van der Waals surface area contributed by atoms with Gasteiger partial charge in [0.25, 0.3) is 5.56 Å². The molecule has 1 unspecified atom stereocenters. The molecule has 1 aliphatic heterocycles. The van der Waals surface area contributed by atoms with Crippen LogP contribution in [0.1, 0.15) is 17.4 Å². The molecular formula is C35H33N6O10P. The van der Waals surface area contributed by atoms with Gasteiger partial charge < -0.3 is 24.2 Å². The normalized spacial score (nSPS) is 21.5. The first-order chi connectivity index (χ1) is 25.1. The summed E-state index contributed by atoms with van der Waals surface area (Å²) in [7, 11) is -4.78. The highest BCUT2D eigenvalue weighted by Crippen LogP contribution is 2.49. The smallest absolute Gasteiger partial charge is 0.459 e. The number of aliphatic hydroxyl groups is 2. The van der Waals surface area contributed by atoms with Gasteiger partial charge in [-0.15, -0.1) is 0 Å². The summed E-state index contributed by atoms with van der Waals surface area (Å²) in [5.74, 6) is -0.707. The minimum atomic E-state index is -4.78. The largest absolute Gasteiger partial charge is 0.460 e. The Hall–Kier alpha value is -5.57. The number of fused-ring (bicyclic) bond motifs is 1. The lowest BCUT2D eigenvalue weighted by atomic mass is 10.1. The van der Waals surface area contributed by atoms with Crippen LogP contribution >= 0.6 is 7.75 Å². The van der Waals surface area contributed by atoms with Crippen LogP contribution in [0, 0.1) is 0 Å². The van der Waals surface area contributed by atoms with Gasteiger partial charge in [-0.3, -0.25) is 23.7 Å². The summed E-state index contributed by atoms with van der Waals surface area (Å²) in [4.78, 5) is 42.6. The lowest BCUT2D eigenvalue weighted by Gasteiger charge is -2.30. The number of aromatic amines is 1. The molecule has 2 heterocycles. The molecule has 4 aromatic carbocycles. The predicted molar refractivity (Wildman–Crippen MR) is 187 cm³/mol. The molecule has 0 spiro atoms. The third kappa shape index (κ3) is 8.15. The Morgan fingerprint density at radius 3 is 2.37 bits per heavy atom. The van der Waals surface area contributed by atoms with Crippen LogP contribution in [-0.4, -0.2) is 56.3 Å². The van der Waals surface area contributed by atoms with E-state index in [0.29, 0.717) is 16.5 Å². The average molecular weight is 729 g/mol. The Labute approximate surface area is 295 Å². The second-order valence-corrected chi connectivity index (χ2v) is 13.5. The molecule has 0 radical (unpaired) electrons. The molecule has 6 atom stereocenters. The van der Waals surface area contributed by atoms with Crippen molar-refractivity contribution in [1.82, 2.24) is 14.6 Å². The van der Waals surface area contributed by atoms with Crippen molar-refractivity contribution >= 4 is 24.5 Å². The van der Waals surface area contributed by atoms with E-state index in [-0.39, 0.29) is 18.8 Å². The number of azide groups is 1. The van der Waals surface area contributed by atoms with Crippen molar-refractivity contribution in [2.75, 3.05) is 6.61 Å². The fourth-order valence-corrected chi connectivity index (χ4v) is 7.18. The number of carbonyl (C=O) groups excluding carboxylic acids is 1. The first kappa shape index (κ1) is 36.2. The maximum absolute atomic E-state index is 14.9. The molecule has 52 heavy (non-hydrogen) atoms. The van der Waals surface area contributed by atoms with Crippen LogP contribution in [-0.2, 0) is 36.4 Å². The van der Waals surface area contributed by atoms with E-state index in [9.17, 15) is 34.7 Å². The highest BCUT2D eigenvalue weighted by molar-refractivity contribution is 7.52. The summed E-state index contributed by atoms with van der Waals surface area (Å²) in [6, 6.07) is 29.5. The molecule has 0 saturated carbocycles. The van der Waals surface area contributed by atoms with E-state index < -0.39 is 61.8 Å². The second kappa shape index (κ2) is 15.8. The van der Waals surface area contributed by atoms with E-state index in [1.54, 1.807) is 91.0 Å². The van der Waals surface area contributed by atoms with Gasteiger partial charge in [0.2, 0.25) is 5.72 Å². The van der Waals surface area contributed by atoms with Crippen LogP contribution in [0.4, 0.5) is 0 Å². The number of aliphatic hydroxyl groups excluding tert-OH is 2. The number of aromatic nitrogens is 2. The molecule has 16 nitrogen and oxygen atoms in total. The fourth-order valence-electron chi connectivity index (χ4n) is 5.65. The van der Waals surface area contributed by atoms with Gasteiger partial charge in [0.1, 0.15) is 30.6 Å². The summed E-state index contributed by atoms with van der Waals surface area (Å²) in [5, 5.41) is 29.6. The van der Waals surface area contributed by atoms with Crippen LogP contribution in [0.25, 0.3) is 21.2 Å². The fraction of sp³-hybridized carbons (Fsp3) is 0.229. The topological polar surface area (TPSA) is 227 Å². The Bertz CT molecular complexity index is 2240. The van der Waals surface area contributed by atoms with Crippen molar-refractivity contribution in [2.24, 2.45) is 5.11 Å². The third-order valence-electron chi connectivity index (χ3n) is 8.26. The second-order valence-electron chi connectivity index (χ2n) is 11.8. The lowest BCUT2D eigenvalue weighted by Crippen LogP contribution is -2.46. The van der Waals surface area contributed by atoms with E-state index in [0.717, 1.165) is 22.2 Å². The highest BCUT2D eigenvalue weighted by Gasteiger charge is 2.56. The quantitative estimate of drug-likeness (QED) is 0.0419. The summed E-state index contributed by atoms with van der Waals surface area (Å²) in [6.07, 6.45) is -4.65. The molecule has 1 fully saturated rings. The number of rotatable bonds is 14. The number of carbonyl (C=O) groups is 1. The van der Waals surface area contributed by atoms with Crippen LogP contribution in [0.2, 0.25) is 0 Å². The molecule has 0 amide bonds. The van der Waals surface area contributed by atoms with Gasteiger partial charge in [-0.05, 0) is 34.5 Å². The van der Waals surface area contributed by atoms with Gasteiger partial charge in [-0.1, -0.05) is 102 Å². The minimum absolute atomic E-state index is 0.0305. The molecule has 268 valence electrons. The SMILES string of the molecule is [N-]=[N+]=N[C@]1(COP(=O)(N[C@@H](Cc2ccccc2)C(=O)OCc2ccccc2)Oc2cccc3ccccc23)O[C@@H](n2ccc(=O)[nH]c2=O)[C@H](O)[C@@H]1O. The Kier molecular flexibility index (Phi) is 11.0. The molecular weight excluding hydrogens is 695 g/mol. The maximum Gasteiger partial charge on any atom is 0.459 e. The summed E-state index contributed by atoms with van der Waals surface area (Å²) in [5.41, 5.74) is 6.66. The minimum Gasteiger partial charge on any atom is -0.460 e. The van der Waals surface area contributed by atoms with Gasteiger partial charge >= 0.3 is 19.4 Å². The predicted octanol–water partition coefficient (Wildman–Crippen LogP) is 4.10. The number of H-pyrrole nitrogens is 1. The monoisotopic (exact) mass is 728 g/mol. The van der Waals surface area contributed by atoms with Crippen LogP contribution < -0.4 is 20.9 Å². The number of hydrogen-bond acceptors (Lipinski definition) is 11. The zero-order chi connectivity index (χ0) is 36.7. The number of benzene rings is 4. The van der Waals surface area contributed by atoms with Crippen molar-refractivity contribution in [2.45, 2.75) is 43.2 Å². The highest BCUT2D eigenvalue weighted by atomic mass is 31.2. The molecule has 6 rings (SSSR count). The summed E-state index contributed by atoms with van der Waals surface area (Å²) >= 11 is 0. The van der Waals surface area contributed by atoms with Gasteiger partial charge in [0.15, 0.2) is 6.23 Å².